The molecule has 194 valence electrons. The van der Waals surface area contributed by atoms with E-state index in [0.29, 0.717) is 11.5 Å². The number of ether oxygens (including phenoxy) is 4. The van der Waals surface area contributed by atoms with E-state index < -0.39 is 0 Å². The average molecular weight is 520 g/mol. The summed E-state index contributed by atoms with van der Waals surface area (Å²) < 4.78 is 22.2. The molecule has 0 N–H and O–H groups in total. The summed E-state index contributed by atoms with van der Waals surface area (Å²) in [6.45, 7) is 6.98. The molecule has 0 saturated carbocycles. The third-order valence-corrected chi connectivity index (χ3v) is 7.99. The predicted octanol–water partition coefficient (Wildman–Crippen LogP) is 5.72. The van der Waals surface area contributed by atoms with Gasteiger partial charge in [-0.25, -0.2) is 4.99 Å². The van der Waals surface area contributed by atoms with E-state index in [1.54, 1.807) is 40.2 Å². The Morgan fingerprint density at radius 2 is 1.59 bits per heavy atom. The lowest BCUT2D eigenvalue weighted by molar-refractivity contribution is 0.297. The van der Waals surface area contributed by atoms with Crippen LogP contribution < -0.4 is 18.9 Å². The topological polar surface area (TPSA) is 55.8 Å². The molecule has 3 heterocycles. The molecule has 0 saturated heterocycles. The van der Waals surface area contributed by atoms with Gasteiger partial charge < -0.3 is 23.8 Å². The van der Waals surface area contributed by atoms with Crippen LogP contribution in [0, 0.1) is 0 Å². The maximum Gasteiger partial charge on any atom is 0.173 e. The molecule has 8 heteroatoms. The Morgan fingerprint density at radius 1 is 0.919 bits per heavy atom. The molecule has 3 aliphatic heterocycles. The fraction of sp³-hybridized carbons (Fsp3) is 0.345. The molecule has 37 heavy (non-hydrogen) atoms. The van der Waals surface area contributed by atoms with Crippen LogP contribution in [0.3, 0.4) is 0 Å². The zero-order valence-corrected chi connectivity index (χ0v) is 23.0. The molecule has 2 aromatic carbocycles. The molecule has 0 bridgehead atoms. The smallest absolute Gasteiger partial charge is 0.173 e. The number of thioether (sulfide) groups is 1. The van der Waals surface area contributed by atoms with Crippen molar-refractivity contribution in [2.75, 3.05) is 48.1 Å². The summed E-state index contributed by atoms with van der Waals surface area (Å²) in [4.78, 5) is 10.0. The van der Waals surface area contributed by atoms with Gasteiger partial charge in [-0.05, 0) is 71.5 Å². The van der Waals surface area contributed by atoms with Crippen LogP contribution >= 0.6 is 11.8 Å². The third kappa shape index (κ3) is 4.60. The minimum Gasteiger partial charge on any atom is -0.493 e. The molecule has 0 fully saturated rings. The summed E-state index contributed by atoms with van der Waals surface area (Å²) >= 11 is 1.68. The fourth-order valence-corrected chi connectivity index (χ4v) is 6.05. The Bertz CT molecular complexity index is 1330. The van der Waals surface area contributed by atoms with Crippen molar-refractivity contribution in [1.29, 1.82) is 0 Å². The summed E-state index contributed by atoms with van der Waals surface area (Å²) in [6, 6.07) is 12.3. The van der Waals surface area contributed by atoms with Crippen molar-refractivity contribution >= 4 is 23.0 Å². The van der Waals surface area contributed by atoms with Gasteiger partial charge in [0, 0.05) is 18.8 Å². The van der Waals surface area contributed by atoms with Gasteiger partial charge in [0.15, 0.2) is 28.2 Å². The van der Waals surface area contributed by atoms with Crippen molar-refractivity contribution in [3.8, 4) is 23.0 Å². The Labute approximate surface area is 223 Å². The number of rotatable bonds is 7. The Balaban J connectivity index is 1.66. The van der Waals surface area contributed by atoms with Gasteiger partial charge in [0.1, 0.15) is 0 Å². The molecule has 3 aliphatic rings. The van der Waals surface area contributed by atoms with Gasteiger partial charge >= 0.3 is 0 Å². The summed E-state index contributed by atoms with van der Waals surface area (Å²) in [5.74, 6) is 2.88. The summed E-state index contributed by atoms with van der Waals surface area (Å²) in [6.07, 6.45) is 2.23. The third-order valence-electron chi connectivity index (χ3n) is 7.03. The Kier molecular flexibility index (Phi) is 7.22. The molecule has 0 aliphatic carbocycles. The second-order valence-corrected chi connectivity index (χ2v) is 9.96. The second-order valence-electron chi connectivity index (χ2n) is 9.12. The second kappa shape index (κ2) is 10.6. The van der Waals surface area contributed by atoms with E-state index in [9.17, 15) is 0 Å². The molecular weight excluding hydrogens is 486 g/mol. The van der Waals surface area contributed by atoms with Crippen LogP contribution in [0.25, 0.3) is 6.08 Å². The molecule has 0 radical (unpaired) electrons. The largest absolute Gasteiger partial charge is 0.493 e. The van der Waals surface area contributed by atoms with E-state index >= 15 is 0 Å². The first kappa shape index (κ1) is 25.3. The highest BCUT2D eigenvalue weighted by molar-refractivity contribution is 8.16. The van der Waals surface area contributed by atoms with E-state index in [-0.39, 0.29) is 6.04 Å². The molecule has 0 aromatic heterocycles. The summed E-state index contributed by atoms with van der Waals surface area (Å²) in [5.41, 5.74) is 6.94. The van der Waals surface area contributed by atoms with Crippen LogP contribution in [0.15, 0.2) is 69.3 Å². The quantitative estimate of drug-likeness (QED) is 0.464. The van der Waals surface area contributed by atoms with Gasteiger partial charge in [0.25, 0.3) is 0 Å². The van der Waals surface area contributed by atoms with Gasteiger partial charge in [-0.15, -0.1) is 0 Å². The van der Waals surface area contributed by atoms with Gasteiger partial charge in [-0.2, -0.15) is 0 Å². The number of hydrogen-bond acceptors (Lipinski definition) is 8. The van der Waals surface area contributed by atoms with Gasteiger partial charge in [0.05, 0.1) is 40.2 Å². The number of methoxy groups -OCH3 is 4. The van der Waals surface area contributed by atoms with Crippen LogP contribution in [-0.4, -0.2) is 63.0 Å². The first-order chi connectivity index (χ1) is 18.0. The van der Waals surface area contributed by atoms with Crippen LogP contribution in [0.4, 0.5) is 0 Å². The predicted molar refractivity (Wildman–Crippen MR) is 150 cm³/mol. The number of nitrogens with zero attached hydrogens (tertiary/aromatic N) is 3. The van der Waals surface area contributed by atoms with Gasteiger partial charge in [-0.1, -0.05) is 30.8 Å². The lowest BCUT2D eigenvalue weighted by atomic mass is 9.88. The fourth-order valence-electron chi connectivity index (χ4n) is 5.16. The lowest BCUT2D eigenvalue weighted by Gasteiger charge is -2.42. The average Bonchev–Trinajstić information content (AvgIpc) is 3.31. The van der Waals surface area contributed by atoms with Gasteiger partial charge in [0.2, 0.25) is 0 Å². The van der Waals surface area contributed by atoms with Crippen LogP contribution in [-0.2, 0) is 0 Å². The van der Waals surface area contributed by atoms with Crippen molar-refractivity contribution in [3.63, 3.8) is 0 Å². The van der Waals surface area contributed by atoms with E-state index in [4.69, 9.17) is 23.9 Å². The van der Waals surface area contributed by atoms with Crippen molar-refractivity contribution in [2.24, 2.45) is 4.99 Å². The standard InChI is InChI=1S/C29H33N3O4S/c1-7-31-15-21(12-19-8-10-23(33-3)25(13-19)35-5)27-22(16-31)28(32-18(2)17-37-29(32)30-27)20-9-11-24(34-4)26(14-20)36-6/h8-14,17,28H,7,15-16H2,1-6H3/b21-12+. The number of amidine groups is 1. The Hall–Kier alpha value is -3.36. The normalized spacial score (nSPS) is 20.3. The minimum absolute atomic E-state index is 0.0108. The zero-order valence-electron chi connectivity index (χ0n) is 22.2. The maximum atomic E-state index is 5.67. The molecular formula is C29H33N3O4S. The number of allylic oxidation sites excluding steroid dienone is 1. The number of likely N-dealkylation sites (N-methyl/N-ethyl adjacent to an activating group) is 1. The molecule has 5 rings (SSSR count). The van der Waals surface area contributed by atoms with Crippen LogP contribution in [0.1, 0.15) is 31.0 Å². The first-order valence-corrected chi connectivity index (χ1v) is 13.2. The highest BCUT2D eigenvalue weighted by Gasteiger charge is 2.40. The highest BCUT2D eigenvalue weighted by atomic mass is 32.2. The van der Waals surface area contributed by atoms with E-state index in [1.165, 1.54) is 16.8 Å². The van der Waals surface area contributed by atoms with Crippen LogP contribution in [0.2, 0.25) is 0 Å². The van der Waals surface area contributed by atoms with E-state index in [0.717, 1.165) is 53.1 Å². The molecule has 7 nitrogen and oxygen atoms in total. The Morgan fingerprint density at radius 3 is 2.27 bits per heavy atom. The van der Waals surface area contributed by atoms with Crippen molar-refractivity contribution in [2.45, 2.75) is 19.9 Å². The van der Waals surface area contributed by atoms with Crippen molar-refractivity contribution in [3.05, 3.63) is 75.5 Å². The highest BCUT2D eigenvalue weighted by Crippen LogP contribution is 2.48. The van der Waals surface area contributed by atoms with E-state index in [1.807, 2.05) is 18.2 Å². The van der Waals surface area contributed by atoms with Crippen molar-refractivity contribution < 1.29 is 18.9 Å². The number of aliphatic imine (C=N–C) groups is 1. The van der Waals surface area contributed by atoms with Gasteiger partial charge in [-0.3, -0.25) is 4.90 Å². The molecule has 0 spiro atoms. The lowest BCUT2D eigenvalue weighted by Crippen LogP contribution is -2.42. The number of fused-ring (bicyclic) bond motifs is 1. The van der Waals surface area contributed by atoms with E-state index in [2.05, 4.69) is 53.3 Å². The molecule has 1 atom stereocenters. The SMILES string of the molecule is CCN1CC2=C(N=C3SC=C(C)N3C2c2ccc(OC)c(OC)c2)/C(=C/c2ccc(OC)c(OC)c2)C1. The summed E-state index contributed by atoms with van der Waals surface area (Å²) in [5, 5.41) is 3.18. The number of hydrogen-bond donors (Lipinski definition) is 0. The minimum atomic E-state index is 0.0108. The molecule has 1 unspecified atom stereocenters. The first-order valence-electron chi connectivity index (χ1n) is 12.3. The van der Waals surface area contributed by atoms with Crippen molar-refractivity contribution in [1.82, 2.24) is 9.80 Å². The molecule has 2 aromatic rings. The van der Waals surface area contributed by atoms with Crippen LogP contribution in [0.5, 0.6) is 23.0 Å². The molecule has 0 amide bonds. The number of benzene rings is 2. The summed E-state index contributed by atoms with van der Waals surface area (Å²) in [7, 11) is 6.66. The maximum absolute atomic E-state index is 5.67. The monoisotopic (exact) mass is 519 g/mol. The zero-order chi connectivity index (χ0) is 26.1.